The highest BCUT2D eigenvalue weighted by molar-refractivity contribution is 6.37. The van der Waals surface area contributed by atoms with Crippen LogP contribution >= 0.6 is 0 Å². The van der Waals surface area contributed by atoms with Gasteiger partial charge in [0.15, 0.2) is 0 Å². The maximum absolute atomic E-state index is 13.1. The number of benzene rings is 3. The van der Waals surface area contributed by atoms with E-state index in [9.17, 15) is 9.59 Å². The van der Waals surface area contributed by atoms with Crippen molar-refractivity contribution in [3.05, 3.63) is 95.1 Å². The molecule has 3 aromatic carbocycles. The molecular weight excluding hydrogens is 426 g/mol. The lowest BCUT2D eigenvalue weighted by molar-refractivity contribution is -0.110. The monoisotopic (exact) mass is 455 g/mol. The van der Waals surface area contributed by atoms with Crippen molar-refractivity contribution in [3.8, 4) is 0 Å². The molecule has 6 heteroatoms. The van der Waals surface area contributed by atoms with Gasteiger partial charge in [0.2, 0.25) is 0 Å². The quantitative estimate of drug-likeness (QED) is 0.359. The molecule has 0 radical (unpaired) electrons. The summed E-state index contributed by atoms with van der Waals surface area (Å²) >= 11 is 0. The zero-order valence-electron chi connectivity index (χ0n) is 19.7. The van der Waals surface area contributed by atoms with Gasteiger partial charge >= 0.3 is 5.97 Å². The number of carbonyl (C=O) groups is 2. The molecule has 1 amide bonds. The molecule has 0 atom stereocenters. The molecule has 0 spiro atoms. The van der Waals surface area contributed by atoms with E-state index in [1.54, 1.807) is 18.2 Å². The van der Waals surface area contributed by atoms with Crippen molar-refractivity contribution in [2.45, 2.75) is 19.9 Å². The Kier molecular flexibility index (Phi) is 7.09. The van der Waals surface area contributed by atoms with Crippen LogP contribution in [0, 0.1) is 0 Å². The molecule has 1 aliphatic heterocycles. The van der Waals surface area contributed by atoms with E-state index in [1.165, 1.54) is 12.7 Å². The molecule has 174 valence electrons. The van der Waals surface area contributed by atoms with E-state index in [-0.39, 0.29) is 5.91 Å². The summed E-state index contributed by atoms with van der Waals surface area (Å²) in [6.07, 6.45) is 1.12. The lowest BCUT2D eigenvalue weighted by Gasteiger charge is -2.17. The third-order valence-corrected chi connectivity index (χ3v) is 5.78. The van der Waals surface area contributed by atoms with Crippen LogP contribution in [0.5, 0.6) is 0 Å². The Hall–Kier alpha value is -3.90. The van der Waals surface area contributed by atoms with Crippen LogP contribution in [0.25, 0.3) is 11.3 Å². The average Bonchev–Trinajstić information content (AvgIpc) is 3.18. The molecule has 0 saturated heterocycles. The lowest BCUT2D eigenvalue weighted by atomic mass is 9.99. The molecular formula is C28H29N3O3. The molecule has 6 nitrogen and oxygen atoms in total. The fourth-order valence-corrected chi connectivity index (χ4v) is 4.16. The summed E-state index contributed by atoms with van der Waals surface area (Å²) in [5.74, 6) is -0.665. The average molecular weight is 456 g/mol. The highest BCUT2D eigenvalue weighted by Gasteiger charge is 2.29. The molecule has 1 aliphatic rings. The molecule has 0 bridgehead atoms. The van der Waals surface area contributed by atoms with Gasteiger partial charge < -0.3 is 20.3 Å². The second-order valence-electron chi connectivity index (χ2n) is 8.38. The van der Waals surface area contributed by atoms with Crippen LogP contribution in [-0.4, -0.2) is 37.5 Å². The predicted molar refractivity (Wildman–Crippen MR) is 136 cm³/mol. The number of ether oxygens (including phenoxy) is 1. The van der Waals surface area contributed by atoms with Crippen LogP contribution < -0.4 is 10.6 Å². The van der Waals surface area contributed by atoms with Gasteiger partial charge in [-0.05, 0) is 55.4 Å². The number of fused-ring (bicyclic) bond motifs is 1. The summed E-state index contributed by atoms with van der Waals surface area (Å²) in [6, 6.07) is 23.2. The molecule has 0 saturated carbocycles. The van der Waals surface area contributed by atoms with Crippen molar-refractivity contribution in [2.75, 3.05) is 31.3 Å². The van der Waals surface area contributed by atoms with Gasteiger partial charge in [-0.1, -0.05) is 55.5 Å². The maximum atomic E-state index is 13.1. The van der Waals surface area contributed by atoms with E-state index < -0.39 is 5.97 Å². The first-order valence-electron chi connectivity index (χ1n) is 11.4. The molecule has 4 rings (SSSR count). The SMILES string of the molecule is CCCN(C)Cc1ccc(N/C(=C2\C(=O)Nc3cc(C(=O)OC)ccc32)c2ccccc2)cc1. The number of nitrogens with one attached hydrogen (secondary N) is 2. The van der Waals surface area contributed by atoms with Gasteiger partial charge in [0.25, 0.3) is 5.91 Å². The first kappa shape index (κ1) is 23.3. The number of rotatable bonds is 8. The van der Waals surface area contributed by atoms with Gasteiger partial charge in [-0.2, -0.15) is 0 Å². The Bertz CT molecular complexity index is 1220. The van der Waals surface area contributed by atoms with Gasteiger partial charge in [0.1, 0.15) is 0 Å². The van der Waals surface area contributed by atoms with Crippen molar-refractivity contribution < 1.29 is 14.3 Å². The number of hydrogen-bond donors (Lipinski definition) is 2. The molecule has 0 aromatic heterocycles. The zero-order valence-corrected chi connectivity index (χ0v) is 19.7. The fourth-order valence-electron chi connectivity index (χ4n) is 4.16. The Morgan fingerprint density at radius 3 is 2.41 bits per heavy atom. The number of carbonyl (C=O) groups excluding carboxylic acids is 2. The number of methoxy groups -OCH3 is 1. The summed E-state index contributed by atoms with van der Waals surface area (Å²) in [6.45, 7) is 4.12. The van der Waals surface area contributed by atoms with Crippen LogP contribution in [0.4, 0.5) is 11.4 Å². The van der Waals surface area contributed by atoms with Crippen molar-refractivity contribution in [1.82, 2.24) is 4.90 Å². The smallest absolute Gasteiger partial charge is 0.337 e. The molecule has 0 aliphatic carbocycles. The summed E-state index contributed by atoms with van der Waals surface area (Å²) in [4.78, 5) is 27.3. The van der Waals surface area contributed by atoms with Crippen LogP contribution in [0.15, 0.2) is 72.8 Å². The third kappa shape index (κ3) is 5.02. The number of amides is 1. The van der Waals surface area contributed by atoms with E-state index >= 15 is 0 Å². The largest absolute Gasteiger partial charge is 0.465 e. The van der Waals surface area contributed by atoms with Crippen LogP contribution in [0.1, 0.15) is 40.4 Å². The van der Waals surface area contributed by atoms with Crippen molar-refractivity contribution in [1.29, 1.82) is 0 Å². The lowest BCUT2D eigenvalue weighted by Crippen LogP contribution is -2.18. The van der Waals surface area contributed by atoms with Gasteiger partial charge in [0.05, 0.1) is 29.6 Å². The second-order valence-corrected chi connectivity index (χ2v) is 8.38. The summed E-state index contributed by atoms with van der Waals surface area (Å²) < 4.78 is 4.81. The molecule has 3 aromatic rings. The molecule has 0 fully saturated rings. The van der Waals surface area contributed by atoms with Crippen LogP contribution in [0.2, 0.25) is 0 Å². The Morgan fingerprint density at radius 1 is 1.00 bits per heavy atom. The number of anilines is 2. The summed E-state index contributed by atoms with van der Waals surface area (Å²) in [5, 5.41) is 6.37. The Labute approximate surface area is 200 Å². The second kappa shape index (κ2) is 10.4. The minimum atomic E-state index is -0.444. The summed E-state index contributed by atoms with van der Waals surface area (Å²) in [7, 11) is 3.46. The minimum absolute atomic E-state index is 0.221. The normalized spacial score (nSPS) is 13.9. The van der Waals surface area contributed by atoms with E-state index in [0.717, 1.165) is 36.3 Å². The van der Waals surface area contributed by atoms with Crippen LogP contribution in [0.3, 0.4) is 0 Å². The zero-order chi connectivity index (χ0) is 24.1. The molecule has 2 N–H and O–H groups in total. The molecule has 0 unspecified atom stereocenters. The first-order chi connectivity index (χ1) is 16.5. The van der Waals surface area contributed by atoms with E-state index in [2.05, 4.69) is 41.6 Å². The Morgan fingerprint density at radius 2 is 1.74 bits per heavy atom. The minimum Gasteiger partial charge on any atom is -0.465 e. The highest BCUT2D eigenvalue weighted by atomic mass is 16.5. The van der Waals surface area contributed by atoms with Gasteiger partial charge in [0, 0.05) is 17.8 Å². The number of hydrogen-bond acceptors (Lipinski definition) is 5. The highest BCUT2D eigenvalue weighted by Crippen LogP contribution is 2.38. The first-order valence-corrected chi connectivity index (χ1v) is 11.4. The van der Waals surface area contributed by atoms with Crippen molar-refractivity contribution in [2.24, 2.45) is 0 Å². The van der Waals surface area contributed by atoms with E-state index in [0.29, 0.717) is 22.5 Å². The van der Waals surface area contributed by atoms with Crippen molar-refractivity contribution >= 4 is 34.5 Å². The van der Waals surface area contributed by atoms with E-state index in [1.807, 2.05) is 42.5 Å². The van der Waals surface area contributed by atoms with Gasteiger partial charge in [-0.15, -0.1) is 0 Å². The fraction of sp³-hybridized carbons (Fsp3) is 0.214. The van der Waals surface area contributed by atoms with Crippen LogP contribution in [-0.2, 0) is 16.1 Å². The predicted octanol–water partition coefficient (Wildman–Crippen LogP) is 5.25. The molecule has 1 heterocycles. The maximum Gasteiger partial charge on any atom is 0.337 e. The standard InChI is InChI=1S/C28H29N3O3/c1-4-16-31(2)18-19-10-13-22(14-11-19)29-26(20-8-6-5-7-9-20)25-23-15-12-21(28(33)34-3)17-24(23)30-27(25)32/h5-15,17,29H,4,16,18H2,1-3H3,(H,30,32)/b26-25-. The summed E-state index contributed by atoms with van der Waals surface area (Å²) in [5.41, 5.74) is 5.97. The van der Waals surface area contributed by atoms with E-state index in [4.69, 9.17) is 4.74 Å². The van der Waals surface area contributed by atoms with Gasteiger partial charge in [-0.25, -0.2) is 4.79 Å². The van der Waals surface area contributed by atoms with Crippen molar-refractivity contribution in [3.63, 3.8) is 0 Å². The van der Waals surface area contributed by atoms with Gasteiger partial charge in [-0.3, -0.25) is 4.79 Å². The number of nitrogens with zero attached hydrogens (tertiary/aromatic N) is 1. The topological polar surface area (TPSA) is 70.7 Å². The molecule has 34 heavy (non-hydrogen) atoms. The third-order valence-electron chi connectivity index (χ3n) is 5.78. The Balaban J connectivity index is 1.71. The number of esters is 1.